The second-order valence-corrected chi connectivity index (χ2v) is 6.56. The average Bonchev–Trinajstić information content (AvgIpc) is 3.39. The topological polar surface area (TPSA) is 41.0 Å². The van der Waals surface area contributed by atoms with E-state index in [1.165, 1.54) is 12.1 Å². The first kappa shape index (κ1) is 17.7. The van der Waals surface area contributed by atoms with Crippen LogP contribution in [0.25, 0.3) is 0 Å². The van der Waals surface area contributed by atoms with E-state index in [2.05, 4.69) is 15.3 Å². The molecule has 1 aliphatic rings. The second-order valence-electron chi connectivity index (χ2n) is 6.56. The smallest absolute Gasteiger partial charge is 0.368 e. The van der Waals surface area contributed by atoms with E-state index < -0.39 is 11.7 Å². The quantitative estimate of drug-likeness (QED) is 0.852. The molecule has 0 saturated heterocycles. The van der Waals surface area contributed by atoms with Gasteiger partial charge in [0.2, 0.25) is 0 Å². The van der Waals surface area contributed by atoms with Crippen molar-refractivity contribution < 1.29 is 13.2 Å². The molecule has 0 amide bonds. The molecule has 1 aromatic heterocycles. The summed E-state index contributed by atoms with van der Waals surface area (Å²) >= 11 is 0. The Morgan fingerprint density at radius 1 is 1.24 bits per heavy atom. The molecule has 3 rings (SSSR count). The van der Waals surface area contributed by atoms with Crippen LogP contribution in [0, 0.1) is 0 Å². The third-order valence-electron chi connectivity index (χ3n) is 4.32. The highest BCUT2D eigenvalue weighted by Gasteiger charge is 2.31. The van der Waals surface area contributed by atoms with Crippen molar-refractivity contribution in [1.82, 2.24) is 14.9 Å². The number of rotatable bonds is 6. The molecule has 2 aromatic rings. The van der Waals surface area contributed by atoms with Gasteiger partial charge in [-0.1, -0.05) is 12.1 Å². The average molecular weight is 350 g/mol. The Balaban J connectivity index is 1.74. The molecule has 1 saturated carbocycles. The van der Waals surface area contributed by atoms with Crippen LogP contribution < -0.4 is 5.32 Å². The highest BCUT2D eigenvalue weighted by molar-refractivity contribution is 5.36. The van der Waals surface area contributed by atoms with E-state index in [0.717, 1.165) is 24.7 Å². The molecule has 0 spiro atoms. The lowest BCUT2D eigenvalue weighted by molar-refractivity contribution is -0.137. The first-order valence-corrected chi connectivity index (χ1v) is 8.25. The van der Waals surface area contributed by atoms with Crippen molar-refractivity contribution in [3.8, 4) is 0 Å². The van der Waals surface area contributed by atoms with Crippen molar-refractivity contribution in [3.05, 3.63) is 53.5 Å². The van der Waals surface area contributed by atoms with E-state index in [1.54, 1.807) is 18.3 Å². The van der Waals surface area contributed by atoms with Gasteiger partial charge in [-0.05, 0) is 50.7 Å². The number of halogens is 3. The number of nitrogens with zero attached hydrogens (tertiary/aromatic N) is 3. The minimum atomic E-state index is -4.34. The first-order valence-electron chi connectivity index (χ1n) is 8.25. The van der Waals surface area contributed by atoms with Crippen molar-refractivity contribution in [2.75, 3.05) is 26.0 Å². The fourth-order valence-electron chi connectivity index (χ4n) is 2.73. The first-order chi connectivity index (χ1) is 11.8. The SMILES string of the molecule is CN(C)C(CNc1ccnc(C2CC2)n1)c1cccc(C(F)(F)F)c1. The number of hydrogen-bond donors (Lipinski definition) is 1. The monoisotopic (exact) mass is 350 g/mol. The minimum absolute atomic E-state index is 0.207. The predicted octanol–water partition coefficient (Wildman–Crippen LogP) is 4.09. The van der Waals surface area contributed by atoms with Gasteiger partial charge < -0.3 is 10.2 Å². The van der Waals surface area contributed by atoms with Crippen molar-refractivity contribution in [2.24, 2.45) is 0 Å². The molecular weight excluding hydrogens is 329 g/mol. The van der Waals surface area contributed by atoms with E-state index in [9.17, 15) is 13.2 Å². The largest absolute Gasteiger partial charge is 0.416 e. The van der Waals surface area contributed by atoms with Gasteiger partial charge in [-0.3, -0.25) is 0 Å². The fourth-order valence-corrected chi connectivity index (χ4v) is 2.73. The Hall–Kier alpha value is -2.15. The molecule has 1 aromatic carbocycles. The summed E-state index contributed by atoms with van der Waals surface area (Å²) in [4.78, 5) is 10.7. The Morgan fingerprint density at radius 2 is 2.00 bits per heavy atom. The van der Waals surface area contributed by atoms with E-state index in [0.29, 0.717) is 23.8 Å². The van der Waals surface area contributed by atoms with Gasteiger partial charge in [0.05, 0.1) is 11.6 Å². The van der Waals surface area contributed by atoms with Crippen LogP contribution in [-0.2, 0) is 6.18 Å². The third-order valence-corrected chi connectivity index (χ3v) is 4.32. The summed E-state index contributed by atoms with van der Waals surface area (Å²) in [5, 5.41) is 3.23. The maximum absolute atomic E-state index is 13.0. The molecule has 0 aliphatic heterocycles. The summed E-state index contributed by atoms with van der Waals surface area (Å²) in [6.45, 7) is 0.454. The van der Waals surface area contributed by atoms with Crippen molar-refractivity contribution >= 4 is 5.82 Å². The summed E-state index contributed by atoms with van der Waals surface area (Å²) < 4.78 is 38.9. The molecule has 4 nitrogen and oxygen atoms in total. The Labute approximate surface area is 145 Å². The zero-order valence-corrected chi connectivity index (χ0v) is 14.2. The van der Waals surface area contributed by atoms with E-state index in [4.69, 9.17) is 0 Å². The lowest BCUT2D eigenvalue weighted by Crippen LogP contribution is -2.27. The van der Waals surface area contributed by atoms with Gasteiger partial charge in [-0.2, -0.15) is 13.2 Å². The van der Waals surface area contributed by atoms with E-state index in [-0.39, 0.29) is 6.04 Å². The molecule has 1 N–H and O–H groups in total. The molecule has 1 heterocycles. The fraction of sp³-hybridized carbons (Fsp3) is 0.444. The molecule has 1 atom stereocenters. The summed E-state index contributed by atoms with van der Waals surface area (Å²) in [5.74, 6) is 2.00. The number of aromatic nitrogens is 2. The molecule has 0 radical (unpaired) electrons. The van der Waals surface area contributed by atoms with Crippen molar-refractivity contribution in [1.29, 1.82) is 0 Å². The Bertz CT molecular complexity index is 726. The van der Waals surface area contributed by atoms with E-state index >= 15 is 0 Å². The van der Waals surface area contributed by atoms with Gasteiger partial charge in [0.25, 0.3) is 0 Å². The van der Waals surface area contributed by atoms with Crippen LogP contribution in [0.5, 0.6) is 0 Å². The molecule has 7 heteroatoms. The summed E-state index contributed by atoms with van der Waals surface area (Å²) in [6.07, 6.45) is -0.383. The summed E-state index contributed by atoms with van der Waals surface area (Å²) in [6, 6.07) is 7.05. The molecule has 1 fully saturated rings. The normalized spacial score (nSPS) is 16.1. The van der Waals surface area contributed by atoms with E-state index in [1.807, 2.05) is 19.0 Å². The van der Waals surface area contributed by atoms with Gasteiger partial charge in [-0.25, -0.2) is 9.97 Å². The summed E-state index contributed by atoms with van der Waals surface area (Å²) in [7, 11) is 3.70. The number of hydrogen-bond acceptors (Lipinski definition) is 4. The Morgan fingerprint density at radius 3 is 2.64 bits per heavy atom. The number of likely N-dealkylation sites (N-methyl/N-ethyl adjacent to an activating group) is 1. The second kappa shape index (κ2) is 7.00. The van der Waals surface area contributed by atoms with Crippen LogP contribution in [0.3, 0.4) is 0 Å². The van der Waals surface area contributed by atoms with Crippen molar-refractivity contribution in [3.63, 3.8) is 0 Å². The molecule has 134 valence electrons. The number of benzene rings is 1. The molecule has 25 heavy (non-hydrogen) atoms. The van der Waals surface area contributed by atoms with Gasteiger partial charge >= 0.3 is 6.18 Å². The van der Waals surface area contributed by atoms with Gasteiger partial charge in [-0.15, -0.1) is 0 Å². The molecular formula is C18H21F3N4. The highest BCUT2D eigenvalue weighted by atomic mass is 19.4. The van der Waals surface area contributed by atoms with Gasteiger partial charge in [0.15, 0.2) is 0 Å². The summed E-state index contributed by atoms with van der Waals surface area (Å²) in [5.41, 5.74) is -0.0151. The van der Waals surface area contributed by atoms with Gasteiger partial charge in [0, 0.05) is 18.7 Å². The number of alkyl halides is 3. The lowest BCUT2D eigenvalue weighted by Gasteiger charge is -2.26. The minimum Gasteiger partial charge on any atom is -0.368 e. The van der Waals surface area contributed by atoms with Crippen LogP contribution in [0.4, 0.5) is 19.0 Å². The zero-order chi connectivity index (χ0) is 18.0. The lowest BCUT2D eigenvalue weighted by atomic mass is 10.0. The van der Waals surface area contributed by atoms with Crippen LogP contribution in [0.15, 0.2) is 36.5 Å². The maximum Gasteiger partial charge on any atom is 0.416 e. The molecule has 1 unspecified atom stereocenters. The molecule has 0 bridgehead atoms. The zero-order valence-electron chi connectivity index (χ0n) is 14.2. The van der Waals surface area contributed by atoms with Crippen molar-refractivity contribution in [2.45, 2.75) is 31.0 Å². The van der Waals surface area contributed by atoms with Crippen LogP contribution >= 0.6 is 0 Å². The maximum atomic E-state index is 13.0. The third kappa shape index (κ3) is 4.48. The molecule has 1 aliphatic carbocycles. The van der Waals surface area contributed by atoms with Gasteiger partial charge in [0.1, 0.15) is 11.6 Å². The predicted molar refractivity (Wildman–Crippen MR) is 90.4 cm³/mol. The number of anilines is 1. The van der Waals surface area contributed by atoms with Crippen LogP contribution in [0.1, 0.15) is 41.8 Å². The number of nitrogens with one attached hydrogen (secondary N) is 1. The van der Waals surface area contributed by atoms with Crippen LogP contribution in [0.2, 0.25) is 0 Å². The van der Waals surface area contributed by atoms with Crippen LogP contribution in [-0.4, -0.2) is 35.5 Å². The Kier molecular flexibility index (Phi) is 4.94. The highest BCUT2D eigenvalue weighted by Crippen LogP contribution is 2.38. The standard InChI is InChI=1S/C18H21F3N4/c1-25(2)15(13-4-3-5-14(10-13)18(19,20)21)11-23-16-8-9-22-17(24-16)12-6-7-12/h3-5,8-10,12,15H,6-7,11H2,1-2H3,(H,22,23,24).